The molecule has 2 saturated heterocycles. The van der Waals surface area contributed by atoms with Crippen LogP contribution in [-0.4, -0.2) is 72.7 Å². The minimum atomic E-state index is -0.310. The van der Waals surface area contributed by atoms with Gasteiger partial charge in [0.1, 0.15) is 6.10 Å². The third kappa shape index (κ3) is 4.18. The van der Waals surface area contributed by atoms with Crippen molar-refractivity contribution in [3.8, 4) is 0 Å². The largest absolute Gasteiger partial charge is 0.366 e. The van der Waals surface area contributed by atoms with Gasteiger partial charge in [-0.25, -0.2) is 0 Å². The predicted octanol–water partition coefficient (Wildman–Crippen LogP) is 1.08. The number of amides is 1. The van der Waals surface area contributed by atoms with Crippen molar-refractivity contribution in [3.05, 3.63) is 0 Å². The van der Waals surface area contributed by atoms with E-state index >= 15 is 0 Å². The number of hydrogen-bond acceptors (Lipinski definition) is 4. The lowest BCUT2D eigenvalue weighted by Gasteiger charge is -2.51. The second kappa shape index (κ2) is 5.86. The van der Waals surface area contributed by atoms with E-state index in [1.165, 1.54) is 0 Å². The number of hydrogen-bond donors (Lipinski definition) is 1. The highest BCUT2D eigenvalue weighted by Crippen LogP contribution is 2.32. The Kier molecular flexibility index (Phi) is 4.66. The number of piperidine rings is 1. The molecule has 0 saturated carbocycles. The van der Waals surface area contributed by atoms with Crippen LogP contribution in [0.2, 0.25) is 0 Å². The summed E-state index contributed by atoms with van der Waals surface area (Å²) in [6, 6.07) is 0.512. The Morgan fingerprint density at radius 2 is 1.76 bits per heavy atom. The van der Waals surface area contributed by atoms with Crippen LogP contribution in [0.25, 0.3) is 0 Å². The maximum absolute atomic E-state index is 12.1. The van der Waals surface area contributed by atoms with Gasteiger partial charge in [0, 0.05) is 44.3 Å². The summed E-state index contributed by atoms with van der Waals surface area (Å²) in [5.74, 6) is 0.0761. The summed E-state index contributed by atoms with van der Waals surface area (Å²) < 4.78 is 5.68. The van der Waals surface area contributed by atoms with Crippen LogP contribution in [0.5, 0.6) is 0 Å². The molecule has 1 unspecified atom stereocenters. The summed E-state index contributed by atoms with van der Waals surface area (Å²) in [5, 5.41) is 3.72. The van der Waals surface area contributed by atoms with Crippen LogP contribution in [0.1, 0.15) is 40.5 Å². The van der Waals surface area contributed by atoms with Gasteiger partial charge in [-0.15, -0.1) is 0 Å². The smallest absolute Gasteiger partial charge is 0.252 e. The van der Waals surface area contributed by atoms with Gasteiger partial charge in [0.2, 0.25) is 0 Å². The summed E-state index contributed by atoms with van der Waals surface area (Å²) in [6.07, 6.45) is 1.91. The van der Waals surface area contributed by atoms with Crippen LogP contribution < -0.4 is 5.32 Å². The quantitative estimate of drug-likeness (QED) is 0.828. The maximum atomic E-state index is 12.1. The van der Waals surface area contributed by atoms with E-state index in [0.29, 0.717) is 19.2 Å². The molecule has 5 nitrogen and oxygen atoms in total. The van der Waals surface area contributed by atoms with Gasteiger partial charge >= 0.3 is 0 Å². The molecule has 2 heterocycles. The SMILES string of the molecule is CN(C)C(=O)C1CN(C2CC(C)(C)NC(C)(C)C2)CCO1. The first-order valence-electron chi connectivity index (χ1n) is 7.96. The number of nitrogens with zero attached hydrogens (tertiary/aromatic N) is 2. The zero-order chi connectivity index (χ0) is 15.8. The van der Waals surface area contributed by atoms with Gasteiger partial charge in [-0.05, 0) is 40.5 Å². The highest BCUT2D eigenvalue weighted by atomic mass is 16.5. The first-order chi connectivity index (χ1) is 9.60. The number of ether oxygens (including phenoxy) is 1. The molecule has 2 fully saturated rings. The minimum absolute atomic E-state index is 0.0761. The van der Waals surface area contributed by atoms with Gasteiger partial charge in [-0.2, -0.15) is 0 Å². The Hall–Kier alpha value is -0.650. The molecular formula is C16H31N3O2. The third-order valence-electron chi connectivity index (χ3n) is 4.50. The van der Waals surface area contributed by atoms with Crippen molar-refractivity contribution >= 4 is 5.91 Å². The van der Waals surface area contributed by atoms with Gasteiger partial charge in [0.05, 0.1) is 6.61 Å². The van der Waals surface area contributed by atoms with Crippen LogP contribution in [0.4, 0.5) is 0 Å². The first-order valence-corrected chi connectivity index (χ1v) is 7.96. The lowest BCUT2D eigenvalue weighted by Crippen LogP contribution is -2.64. The van der Waals surface area contributed by atoms with E-state index in [2.05, 4.69) is 37.9 Å². The standard InChI is InChI=1S/C16H31N3O2/c1-15(2)9-12(10-16(3,4)17-15)19-7-8-21-13(11-19)14(20)18(5)6/h12-13,17H,7-11H2,1-6H3. The van der Waals surface area contributed by atoms with E-state index in [4.69, 9.17) is 4.74 Å². The zero-order valence-corrected chi connectivity index (χ0v) is 14.4. The maximum Gasteiger partial charge on any atom is 0.252 e. The van der Waals surface area contributed by atoms with Crippen molar-refractivity contribution in [2.75, 3.05) is 33.8 Å². The van der Waals surface area contributed by atoms with E-state index in [0.717, 1.165) is 19.4 Å². The topological polar surface area (TPSA) is 44.8 Å². The molecule has 2 aliphatic rings. The van der Waals surface area contributed by atoms with Gasteiger partial charge in [-0.1, -0.05) is 0 Å². The fourth-order valence-electron chi connectivity index (χ4n) is 3.96. The zero-order valence-electron chi connectivity index (χ0n) is 14.4. The monoisotopic (exact) mass is 297 g/mol. The molecule has 5 heteroatoms. The average Bonchev–Trinajstić information content (AvgIpc) is 2.34. The molecule has 0 aromatic rings. The summed E-state index contributed by atoms with van der Waals surface area (Å²) in [5.41, 5.74) is 0.261. The van der Waals surface area contributed by atoms with Crippen LogP contribution in [-0.2, 0) is 9.53 Å². The van der Waals surface area contributed by atoms with E-state index in [-0.39, 0.29) is 23.1 Å². The highest BCUT2D eigenvalue weighted by molar-refractivity contribution is 5.80. The second-order valence-electron chi connectivity index (χ2n) is 8.04. The molecule has 2 rings (SSSR count). The Balaban J connectivity index is 2.05. The Morgan fingerprint density at radius 1 is 1.19 bits per heavy atom. The summed E-state index contributed by atoms with van der Waals surface area (Å²) in [4.78, 5) is 16.2. The molecule has 0 bridgehead atoms. The minimum Gasteiger partial charge on any atom is -0.366 e. The first kappa shape index (κ1) is 16.7. The van der Waals surface area contributed by atoms with Crippen molar-refractivity contribution in [1.29, 1.82) is 0 Å². The van der Waals surface area contributed by atoms with Crippen molar-refractivity contribution in [3.63, 3.8) is 0 Å². The number of rotatable bonds is 2. The van der Waals surface area contributed by atoms with E-state index in [1.807, 2.05) is 0 Å². The van der Waals surface area contributed by atoms with E-state index < -0.39 is 0 Å². The van der Waals surface area contributed by atoms with Crippen molar-refractivity contribution in [1.82, 2.24) is 15.1 Å². The molecule has 1 amide bonds. The van der Waals surface area contributed by atoms with Crippen LogP contribution >= 0.6 is 0 Å². The number of morpholine rings is 1. The molecule has 0 aliphatic carbocycles. The van der Waals surface area contributed by atoms with Crippen molar-refractivity contribution in [2.45, 2.75) is 63.8 Å². The molecule has 1 atom stereocenters. The van der Waals surface area contributed by atoms with Crippen LogP contribution in [0.3, 0.4) is 0 Å². The summed E-state index contributed by atoms with van der Waals surface area (Å²) in [7, 11) is 3.59. The molecule has 2 aliphatic heterocycles. The van der Waals surface area contributed by atoms with Crippen LogP contribution in [0.15, 0.2) is 0 Å². The van der Waals surface area contributed by atoms with Gasteiger partial charge < -0.3 is 15.0 Å². The Labute approximate surface area is 129 Å². The van der Waals surface area contributed by atoms with Crippen molar-refractivity contribution < 1.29 is 9.53 Å². The second-order valence-corrected chi connectivity index (χ2v) is 8.04. The lowest BCUT2D eigenvalue weighted by atomic mass is 9.79. The number of nitrogens with one attached hydrogen (secondary N) is 1. The summed E-state index contributed by atoms with van der Waals surface area (Å²) in [6.45, 7) is 11.4. The molecule has 0 spiro atoms. The number of likely N-dealkylation sites (N-methyl/N-ethyl adjacent to an activating group) is 1. The lowest BCUT2D eigenvalue weighted by molar-refractivity contribution is -0.149. The van der Waals surface area contributed by atoms with Crippen LogP contribution in [0, 0.1) is 0 Å². The molecule has 0 aromatic carbocycles. The Bertz CT molecular complexity index is 377. The molecule has 1 N–H and O–H groups in total. The Morgan fingerprint density at radius 3 is 2.29 bits per heavy atom. The number of carbonyl (C=O) groups is 1. The fraction of sp³-hybridized carbons (Fsp3) is 0.938. The molecule has 21 heavy (non-hydrogen) atoms. The van der Waals surface area contributed by atoms with Gasteiger partial charge in [-0.3, -0.25) is 9.69 Å². The summed E-state index contributed by atoms with van der Waals surface area (Å²) >= 11 is 0. The van der Waals surface area contributed by atoms with Crippen molar-refractivity contribution in [2.24, 2.45) is 0 Å². The highest BCUT2D eigenvalue weighted by Gasteiger charge is 2.41. The molecule has 0 radical (unpaired) electrons. The molecule has 122 valence electrons. The fourth-order valence-corrected chi connectivity index (χ4v) is 3.96. The normalized spacial score (nSPS) is 30.1. The predicted molar refractivity (Wildman–Crippen MR) is 84.3 cm³/mol. The molecule has 0 aromatic heterocycles. The average molecular weight is 297 g/mol. The van der Waals surface area contributed by atoms with Gasteiger partial charge in [0.25, 0.3) is 5.91 Å². The van der Waals surface area contributed by atoms with E-state index in [9.17, 15) is 4.79 Å². The van der Waals surface area contributed by atoms with E-state index in [1.54, 1.807) is 19.0 Å². The number of carbonyl (C=O) groups excluding carboxylic acids is 1. The molecular weight excluding hydrogens is 266 g/mol. The third-order valence-corrected chi connectivity index (χ3v) is 4.50. The van der Waals surface area contributed by atoms with Gasteiger partial charge in [0.15, 0.2) is 0 Å².